The number of carbonyl (C=O) groups is 3. The fourth-order valence-electron chi connectivity index (χ4n) is 2.63. The maximum Gasteiger partial charge on any atom is 0.408 e. The molecule has 0 aromatic heterocycles. The highest BCUT2D eigenvalue weighted by atomic mass is 32.2. The molecule has 8 heteroatoms. The lowest BCUT2D eigenvalue weighted by molar-refractivity contribution is -0.141. The number of carbonyl (C=O) groups excluding carboxylic acids is 2. The van der Waals surface area contributed by atoms with Crippen molar-refractivity contribution in [1.82, 2.24) is 10.2 Å². The second-order valence-electron chi connectivity index (χ2n) is 5.82. The van der Waals surface area contributed by atoms with Gasteiger partial charge >= 0.3 is 12.1 Å². The molecule has 1 aliphatic rings. The molecule has 1 heterocycles. The highest BCUT2D eigenvalue weighted by molar-refractivity contribution is 7.98. The first kappa shape index (κ1) is 19.1. The van der Waals surface area contributed by atoms with E-state index in [1.807, 2.05) is 36.6 Å². The largest absolute Gasteiger partial charge is 0.481 e. The Balaban J connectivity index is 1.87. The number of amides is 2. The van der Waals surface area contributed by atoms with Crippen molar-refractivity contribution in [2.24, 2.45) is 5.92 Å². The number of aliphatic carboxylic acids is 1. The van der Waals surface area contributed by atoms with E-state index in [9.17, 15) is 14.4 Å². The van der Waals surface area contributed by atoms with E-state index in [0.29, 0.717) is 18.7 Å². The van der Waals surface area contributed by atoms with Crippen molar-refractivity contribution in [3.63, 3.8) is 0 Å². The van der Waals surface area contributed by atoms with E-state index >= 15 is 0 Å². The van der Waals surface area contributed by atoms with Crippen molar-refractivity contribution in [3.8, 4) is 0 Å². The number of ether oxygens (including phenoxy) is 1. The number of alkyl carbamates (subject to hydrolysis) is 1. The molecule has 2 atom stereocenters. The number of rotatable bonds is 7. The van der Waals surface area contributed by atoms with Gasteiger partial charge in [-0.2, -0.15) is 11.8 Å². The zero-order valence-electron chi connectivity index (χ0n) is 14.0. The van der Waals surface area contributed by atoms with Gasteiger partial charge in [0, 0.05) is 18.8 Å². The topological polar surface area (TPSA) is 95.9 Å². The summed E-state index contributed by atoms with van der Waals surface area (Å²) in [6, 6.07) is 8.52. The van der Waals surface area contributed by atoms with Gasteiger partial charge in [-0.25, -0.2) is 4.79 Å². The van der Waals surface area contributed by atoms with E-state index in [0.717, 1.165) is 5.56 Å². The molecule has 25 heavy (non-hydrogen) atoms. The van der Waals surface area contributed by atoms with Crippen LogP contribution in [-0.2, 0) is 20.9 Å². The van der Waals surface area contributed by atoms with Crippen LogP contribution in [-0.4, -0.2) is 59.1 Å². The number of benzene rings is 1. The summed E-state index contributed by atoms with van der Waals surface area (Å²) in [4.78, 5) is 37.1. The van der Waals surface area contributed by atoms with Crippen molar-refractivity contribution < 1.29 is 24.2 Å². The SMILES string of the molecule is CSCC(NC(=O)OCc1ccccc1)C(=O)N1CCC(C(=O)O)C1. The highest BCUT2D eigenvalue weighted by Gasteiger charge is 2.34. The first-order chi connectivity index (χ1) is 12.0. The van der Waals surface area contributed by atoms with Crippen LogP contribution < -0.4 is 5.32 Å². The van der Waals surface area contributed by atoms with Crippen molar-refractivity contribution >= 4 is 29.7 Å². The Morgan fingerprint density at radius 2 is 2.08 bits per heavy atom. The number of thioether (sulfide) groups is 1. The lowest BCUT2D eigenvalue weighted by Gasteiger charge is -2.23. The molecule has 0 radical (unpaired) electrons. The third-order valence-electron chi connectivity index (χ3n) is 3.99. The molecule has 2 N–H and O–H groups in total. The third-order valence-corrected chi connectivity index (χ3v) is 4.65. The second-order valence-corrected chi connectivity index (χ2v) is 6.73. The number of carboxylic acids is 1. The Labute approximate surface area is 150 Å². The molecule has 0 saturated carbocycles. The van der Waals surface area contributed by atoms with Crippen molar-refractivity contribution in [2.75, 3.05) is 25.1 Å². The monoisotopic (exact) mass is 366 g/mol. The van der Waals surface area contributed by atoms with E-state index in [1.165, 1.54) is 16.7 Å². The first-order valence-electron chi connectivity index (χ1n) is 7.99. The fourth-order valence-corrected chi connectivity index (χ4v) is 3.19. The van der Waals surface area contributed by atoms with Gasteiger partial charge in [0.25, 0.3) is 0 Å². The molecular formula is C17H22N2O5S. The van der Waals surface area contributed by atoms with Crippen LogP contribution in [0.4, 0.5) is 4.79 Å². The van der Waals surface area contributed by atoms with Crippen LogP contribution in [0.1, 0.15) is 12.0 Å². The quantitative estimate of drug-likeness (QED) is 0.761. The summed E-state index contributed by atoms with van der Waals surface area (Å²) in [5.74, 6) is -1.31. The van der Waals surface area contributed by atoms with Gasteiger partial charge in [0.1, 0.15) is 12.6 Å². The smallest absolute Gasteiger partial charge is 0.408 e. The van der Waals surface area contributed by atoms with Gasteiger partial charge in [-0.15, -0.1) is 0 Å². The van der Waals surface area contributed by atoms with Gasteiger partial charge in [0.05, 0.1) is 5.92 Å². The van der Waals surface area contributed by atoms with Crippen molar-refractivity contribution in [2.45, 2.75) is 19.1 Å². The summed E-state index contributed by atoms with van der Waals surface area (Å²) < 4.78 is 5.15. The predicted octanol–water partition coefficient (Wildman–Crippen LogP) is 1.58. The number of hydrogen-bond donors (Lipinski definition) is 2. The average molecular weight is 366 g/mol. The molecular weight excluding hydrogens is 344 g/mol. The lowest BCUT2D eigenvalue weighted by atomic mass is 10.1. The molecule has 1 aliphatic heterocycles. The summed E-state index contributed by atoms with van der Waals surface area (Å²) in [6.45, 7) is 0.693. The van der Waals surface area contributed by atoms with Crippen LogP contribution in [0.5, 0.6) is 0 Å². The Bertz CT molecular complexity index is 610. The summed E-state index contributed by atoms with van der Waals surface area (Å²) in [7, 11) is 0. The van der Waals surface area contributed by atoms with E-state index < -0.39 is 24.0 Å². The molecule has 1 aromatic carbocycles. The van der Waals surface area contributed by atoms with Crippen LogP contribution in [0.25, 0.3) is 0 Å². The van der Waals surface area contributed by atoms with Crippen molar-refractivity contribution in [1.29, 1.82) is 0 Å². The van der Waals surface area contributed by atoms with Gasteiger partial charge in [0.2, 0.25) is 5.91 Å². The number of nitrogens with one attached hydrogen (secondary N) is 1. The van der Waals surface area contributed by atoms with E-state index in [1.54, 1.807) is 0 Å². The van der Waals surface area contributed by atoms with Crippen LogP contribution in [0.15, 0.2) is 30.3 Å². The zero-order chi connectivity index (χ0) is 18.2. The Morgan fingerprint density at radius 1 is 1.36 bits per heavy atom. The molecule has 1 aromatic rings. The third kappa shape index (κ3) is 5.67. The molecule has 2 amide bonds. The number of carboxylic acid groups (broad SMARTS) is 1. The minimum atomic E-state index is -0.896. The van der Waals surface area contributed by atoms with Crippen LogP contribution in [0, 0.1) is 5.92 Å². The molecule has 136 valence electrons. The molecule has 0 bridgehead atoms. The van der Waals surface area contributed by atoms with E-state index in [4.69, 9.17) is 9.84 Å². The Morgan fingerprint density at radius 3 is 2.68 bits per heavy atom. The average Bonchev–Trinajstić information content (AvgIpc) is 3.10. The van der Waals surface area contributed by atoms with Gasteiger partial charge < -0.3 is 20.1 Å². The molecule has 7 nitrogen and oxygen atoms in total. The van der Waals surface area contributed by atoms with Crippen LogP contribution in [0.3, 0.4) is 0 Å². The van der Waals surface area contributed by atoms with Crippen molar-refractivity contribution in [3.05, 3.63) is 35.9 Å². The molecule has 2 unspecified atom stereocenters. The standard InChI is InChI=1S/C17H22N2O5S/c1-25-11-14(15(20)19-8-7-13(9-19)16(21)22)18-17(23)24-10-12-5-3-2-4-6-12/h2-6,13-14H,7-11H2,1H3,(H,18,23)(H,21,22). The van der Waals surface area contributed by atoms with Crippen LogP contribution in [0.2, 0.25) is 0 Å². The molecule has 2 rings (SSSR count). The molecule has 0 aliphatic carbocycles. The Hall–Kier alpha value is -2.22. The number of hydrogen-bond acceptors (Lipinski definition) is 5. The van der Waals surface area contributed by atoms with Gasteiger partial charge in [-0.05, 0) is 18.2 Å². The number of likely N-dealkylation sites (tertiary alicyclic amines) is 1. The van der Waals surface area contributed by atoms with Crippen LogP contribution >= 0.6 is 11.8 Å². The molecule has 0 spiro atoms. The van der Waals surface area contributed by atoms with E-state index in [2.05, 4.69) is 5.32 Å². The summed E-state index contributed by atoms with van der Waals surface area (Å²) in [5, 5.41) is 11.6. The maximum atomic E-state index is 12.6. The number of nitrogens with zero attached hydrogens (tertiary/aromatic N) is 1. The van der Waals surface area contributed by atoms with Gasteiger partial charge in [-0.1, -0.05) is 30.3 Å². The van der Waals surface area contributed by atoms with E-state index in [-0.39, 0.29) is 19.1 Å². The summed E-state index contributed by atoms with van der Waals surface area (Å²) >= 11 is 1.43. The summed E-state index contributed by atoms with van der Waals surface area (Å²) in [6.07, 6.45) is 1.61. The zero-order valence-corrected chi connectivity index (χ0v) is 14.8. The second kappa shape index (κ2) is 9.31. The molecule has 1 fully saturated rings. The maximum absolute atomic E-state index is 12.6. The fraction of sp³-hybridized carbons (Fsp3) is 0.471. The lowest BCUT2D eigenvalue weighted by Crippen LogP contribution is -2.49. The highest BCUT2D eigenvalue weighted by Crippen LogP contribution is 2.18. The minimum Gasteiger partial charge on any atom is -0.481 e. The molecule has 1 saturated heterocycles. The summed E-state index contributed by atoms with van der Waals surface area (Å²) in [5.41, 5.74) is 0.856. The first-order valence-corrected chi connectivity index (χ1v) is 9.38. The minimum absolute atomic E-state index is 0.123. The Kier molecular flexibility index (Phi) is 7.12. The van der Waals surface area contributed by atoms with Gasteiger partial charge in [0.15, 0.2) is 0 Å². The predicted molar refractivity (Wildman–Crippen MR) is 94.3 cm³/mol. The normalized spacial score (nSPS) is 17.8. The van der Waals surface area contributed by atoms with Gasteiger partial charge in [-0.3, -0.25) is 9.59 Å².